The number of rotatable bonds is 11. The summed E-state index contributed by atoms with van der Waals surface area (Å²) >= 11 is 0. The van der Waals surface area contributed by atoms with E-state index in [-0.39, 0.29) is 29.3 Å². The quantitative estimate of drug-likeness (QED) is 0.336. The highest BCUT2D eigenvalue weighted by molar-refractivity contribution is 6.47. The summed E-state index contributed by atoms with van der Waals surface area (Å²) in [7, 11) is -1.15. The molecule has 3 aliphatic rings. The van der Waals surface area contributed by atoms with Crippen molar-refractivity contribution in [3.8, 4) is 5.75 Å². The molecule has 0 radical (unpaired) electrons. The minimum Gasteiger partial charge on any atom is -0.535 e. The van der Waals surface area contributed by atoms with Crippen molar-refractivity contribution >= 4 is 18.9 Å². The lowest BCUT2D eigenvalue weighted by Crippen LogP contribution is -2.36. The van der Waals surface area contributed by atoms with Crippen LogP contribution in [-0.2, 0) is 11.2 Å². The number of carbonyl (C=O) groups excluding carboxylic acids is 1. The normalized spacial score (nSPS) is 25.1. The Balaban J connectivity index is 1.16. The van der Waals surface area contributed by atoms with Crippen LogP contribution in [0.25, 0.3) is 0 Å². The fourth-order valence-corrected chi connectivity index (χ4v) is 6.19. The topological polar surface area (TPSA) is 95.9 Å². The van der Waals surface area contributed by atoms with E-state index in [1.165, 1.54) is 51.0 Å². The fourth-order valence-electron chi connectivity index (χ4n) is 6.19. The molecule has 0 spiro atoms. The van der Waals surface area contributed by atoms with Gasteiger partial charge in [-0.2, -0.15) is 0 Å². The number of para-hydroxylation sites is 1. The lowest BCUT2D eigenvalue weighted by Gasteiger charge is -2.28. The smallest absolute Gasteiger partial charge is 0.526 e. The lowest BCUT2D eigenvalue weighted by atomic mass is 9.64. The Morgan fingerprint density at radius 3 is 2.64 bits per heavy atom. The Bertz CT molecular complexity index is 825. The van der Waals surface area contributed by atoms with Crippen molar-refractivity contribution in [3.05, 3.63) is 29.3 Å². The summed E-state index contributed by atoms with van der Waals surface area (Å²) in [5, 5.41) is 23.4. The zero-order chi connectivity index (χ0) is 23.2. The summed E-state index contributed by atoms with van der Waals surface area (Å²) in [6, 6.07) is 4.97. The van der Waals surface area contributed by atoms with Crippen molar-refractivity contribution in [1.29, 1.82) is 0 Å². The standard InChI is InChI=1S/C26H38BNO5/c29-23(16-22-15-21-8-3-9-24(26(30)31)25(21)33-27(22)32)14-19-10-11-20(13-19)17-28-12-4-7-18-5-1-2-6-18/h3,8-9,18-20,22,28,32H,1-2,4-7,10-17H2,(H,30,31)/t19?,20?,22-/m1/s1. The van der Waals surface area contributed by atoms with Gasteiger partial charge in [-0.05, 0) is 81.0 Å². The van der Waals surface area contributed by atoms with Crippen LogP contribution in [0.3, 0.4) is 0 Å². The highest BCUT2D eigenvalue weighted by Gasteiger charge is 2.38. The Hall–Kier alpha value is -1.86. The Morgan fingerprint density at radius 1 is 1.06 bits per heavy atom. The first kappa shape index (κ1) is 24.3. The summed E-state index contributed by atoms with van der Waals surface area (Å²) in [5.74, 6) is 1.08. The molecule has 3 atom stereocenters. The van der Waals surface area contributed by atoms with Crippen LogP contribution < -0.4 is 9.97 Å². The monoisotopic (exact) mass is 455 g/mol. The van der Waals surface area contributed by atoms with E-state index in [1.54, 1.807) is 6.07 Å². The molecular formula is C26H38BNO5. The van der Waals surface area contributed by atoms with Crippen LogP contribution in [0.2, 0.25) is 5.82 Å². The van der Waals surface area contributed by atoms with Crippen LogP contribution in [0.4, 0.5) is 0 Å². The molecule has 2 unspecified atom stereocenters. The van der Waals surface area contributed by atoms with Crippen molar-refractivity contribution in [3.63, 3.8) is 0 Å². The zero-order valence-electron chi connectivity index (χ0n) is 19.6. The number of fused-ring (bicyclic) bond motifs is 1. The van der Waals surface area contributed by atoms with E-state index < -0.39 is 13.1 Å². The minimum absolute atomic E-state index is 0.0560. The average molecular weight is 455 g/mol. The van der Waals surface area contributed by atoms with Gasteiger partial charge in [0.25, 0.3) is 0 Å². The van der Waals surface area contributed by atoms with E-state index in [9.17, 15) is 19.7 Å². The van der Waals surface area contributed by atoms with Gasteiger partial charge in [-0.15, -0.1) is 0 Å². The van der Waals surface area contributed by atoms with Crippen molar-refractivity contribution in [2.75, 3.05) is 13.1 Å². The van der Waals surface area contributed by atoms with Gasteiger partial charge in [0.1, 0.15) is 11.5 Å². The summed E-state index contributed by atoms with van der Waals surface area (Å²) in [4.78, 5) is 24.1. The molecule has 0 aromatic heterocycles. The van der Waals surface area contributed by atoms with Crippen LogP contribution in [-0.4, -0.2) is 42.1 Å². The van der Waals surface area contributed by atoms with E-state index in [2.05, 4.69) is 5.32 Å². The van der Waals surface area contributed by atoms with E-state index in [0.29, 0.717) is 24.7 Å². The third kappa shape index (κ3) is 6.60. The first-order valence-corrected chi connectivity index (χ1v) is 12.9. The summed E-state index contributed by atoms with van der Waals surface area (Å²) in [6.07, 6.45) is 13.1. The Morgan fingerprint density at radius 2 is 1.85 bits per heavy atom. The number of hydrogen-bond acceptors (Lipinski definition) is 5. The van der Waals surface area contributed by atoms with Gasteiger partial charge in [0, 0.05) is 18.7 Å². The van der Waals surface area contributed by atoms with Crippen molar-refractivity contribution < 1.29 is 24.4 Å². The molecule has 1 aliphatic heterocycles. The number of carbonyl (C=O) groups is 2. The summed E-state index contributed by atoms with van der Waals surface area (Å²) in [5.41, 5.74) is 0.804. The first-order valence-electron chi connectivity index (χ1n) is 12.9. The Kier molecular flexibility index (Phi) is 8.47. The van der Waals surface area contributed by atoms with Gasteiger partial charge in [-0.1, -0.05) is 37.8 Å². The molecule has 2 saturated carbocycles. The molecule has 4 rings (SSSR count). The maximum Gasteiger partial charge on any atom is 0.526 e. The molecule has 1 aromatic rings. The summed E-state index contributed by atoms with van der Waals surface area (Å²) < 4.78 is 5.54. The van der Waals surface area contributed by atoms with Crippen LogP contribution in [0, 0.1) is 17.8 Å². The van der Waals surface area contributed by atoms with Crippen molar-refractivity contribution in [2.24, 2.45) is 17.8 Å². The maximum absolute atomic E-state index is 12.8. The zero-order valence-corrected chi connectivity index (χ0v) is 19.6. The van der Waals surface area contributed by atoms with Gasteiger partial charge in [-0.3, -0.25) is 4.79 Å². The van der Waals surface area contributed by atoms with Crippen LogP contribution >= 0.6 is 0 Å². The second-order valence-electron chi connectivity index (χ2n) is 10.6. The molecule has 180 valence electrons. The minimum atomic E-state index is -1.15. The van der Waals surface area contributed by atoms with E-state index in [1.807, 2.05) is 6.07 Å². The molecule has 3 N–H and O–H groups in total. The third-order valence-corrected chi connectivity index (χ3v) is 7.98. The maximum atomic E-state index is 12.8. The molecule has 0 bridgehead atoms. The Labute approximate surface area is 197 Å². The lowest BCUT2D eigenvalue weighted by molar-refractivity contribution is -0.120. The van der Waals surface area contributed by atoms with Crippen molar-refractivity contribution in [2.45, 2.75) is 82.9 Å². The number of carboxylic acids is 1. The van der Waals surface area contributed by atoms with E-state index in [4.69, 9.17) is 4.65 Å². The molecule has 2 fully saturated rings. The first-order chi connectivity index (χ1) is 16.0. The molecule has 2 aliphatic carbocycles. The second-order valence-corrected chi connectivity index (χ2v) is 10.6. The number of ketones is 1. The molecule has 1 heterocycles. The molecule has 33 heavy (non-hydrogen) atoms. The van der Waals surface area contributed by atoms with Crippen molar-refractivity contribution in [1.82, 2.24) is 5.32 Å². The fraction of sp³-hybridized carbons (Fsp3) is 0.692. The van der Waals surface area contributed by atoms with Gasteiger partial charge in [0.15, 0.2) is 0 Å². The van der Waals surface area contributed by atoms with Crippen LogP contribution in [0.5, 0.6) is 5.75 Å². The van der Waals surface area contributed by atoms with Gasteiger partial charge in [0.2, 0.25) is 0 Å². The van der Waals surface area contributed by atoms with Gasteiger partial charge in [-0.25, -0.2) is 4.79 Å². The van der Waals surface area contributed by atoms with E-state index >= 15 is 0 Å². The van der Waals surface area contributed by atoms with Gasteiger partial charge in [0.05, 0.1) is 5.56 Å². The number of benzene rings is 1. The van der Waals surface area contributed by atoms with Crippen LogP contribution in [0.15, 0.2) is 18.2 Å². The van der Waals surface area contributed by atoms with Gasteiger partial charge >= 0.3 is 13.1 Å². The predicted molar refractivity (Wildman–Crippen MR) is 129 cm³/mol. The second kappa shape index (κ2) is 11.5. The number of carboxylic acid groups (broad SMARTS) is 1. The SMILES string of the molecule is O=C(CC1CCC(CNCCCC2CCCC2)C1)C[C@H]1Cc2cccc(C(=O)O)c2OB1O. The highest BCUT2D eigenvalue weighted by Crippen LogP contribution is 2.38. The number of aromatic carboxylic acids is 1. The molecule has 1 aromatic carbocycles. The highest BCUT2D eigenvalue weighted by atomic mass is 16.5. The molecule has 0 saturated heterocycles. The molecule has 0 amide bonds. The molecule has 6 nitrogen and oxygen atoms in total. The summed E-state index contributed by atoms with van der Waals surface area (Å²) in [6.45, 7) is 2.18. The molecular weight excluding hydrogens is 417 g/mol. The van der Waals surface area contributed by atoms with Gasteiger partial charge < -0.3 is 20.1 Å². The average Bonchev–Trinajstić information content (AvgIpc) is 3.46. The third-order valence-electron chi connectivity index (χ3n) is 7.98. The largest absolute Gasteiger partial charge is 0.535 e. The molecule has 7 heteroatoms. The van der Waals surface area contributed by atoms with Crippen LogP contribution in [0.1, 0.15) is 86.6 Å². The number of Topliss-reactive ketones (excluding diaryl/α,β-unsaturated/α-hetero) is 1. The predicted octanol–water partition coefficient (Wildman–Crippen LogP) is 4.50. The number of nitrogens with one attached hydrogen (secondary N) is 1. The van der Waals surface area contributed by atoms with E-state index in [0.717, 1.165) is 37.4 Å². The number of hydrogen-bond donors (Lipinski definition) is 3.